The van der Waals surface area contributed by atoms with Crippen LogP contribution in [-0.4, -0.2) is 25.9 Å². The molecule has 1 unspecified atom stereocenters. The molecule has 0 radical (unpaired) electrons. The van der Waals surface area contributed by atoms with Gasteiger partial charge in [-0.2, -0.15) is 0 Å². The Hall–Kier alpha value is -2.60. The van der Waals surface area contributed by atoms with Crippen molar-refractivity contribution in [3.8, 4) is 11.1 Å². The second-order valence-electron chi connectivity index (χ2n) is 6.84. The molecule has 3 aromatic rings. The second-order valence-corrected chi connectivity index (χ2v) is 8.14. The van der Waals surface area contributed by atoms with Crippen LogP contribution < -0.4 is 5.32 Å². The number of aromatic nitrogens is 3. The summed E-state index contributed by atoms with van der Waals surface area (Å²) in [5.74, 6) is 1.53. The summed E-state index contributed by atoms with van der Waals surface area (Å²) in [5, 5.41) is 12.1. The first kappa shape index (κ1) is 17.8. The van der Waals surface area contributed by atoms with Gasteiger partial charge in [0.05, 0.1) is 5.25 Å². The molecule has 0 saturated heterocycles. The first-order chi connectivity index (χ1) is 13.1. The van der Waals surface area contributed by atoms with E-state index in [-0.39, 0.29) is 11.2 Å². The van der Waals surface area contributed by atoms with E-state index in [1.54, 1.807) is 0 Å². The van der Waals surface area contributed by atoms with Gasteiger partial charge in [-0.3, -0.25) is 4.79 Å². The molecule has 1 amide bonds. The number of para-hydroxylation sites is 1. The third-order valence-electron chi connectivity index (χ3n) is 4.73. The van der Waals surface area contributed by atoms with Crippen LogP contribution in [0.1, 0.15) is 31.5 Å². The van der Waals surface area contributed by atoms with E-state index in [9.17, 15) is 4.79 Å². The number of thioether (sulfide) groups is 1. The van der Waals surface area contributed by atoms with E-state index < -0.39 is 0 Å². The Labute approximate surface area is 163 Å². The lowest BCUT2D eigenvalue weighted by Gasteiger charge is -2.14. The van der Waals surface area contributed by atoms with Crippen LogP contribution >= 0.6 is 11.8 Å². The minimum atomic E-state index is -0.274. The SMILES string of the molecule is CC(Sc1nnc(C2CC2)n1C)C(=O)Nc1ccccc1-c1ccccc1. The molecule has 6 heteroatoms. The van der Waals surface area contributed by atoms with Crippen molar-refractivity contribution in [3.05, 3.63) is 60.4 Å². The molecule has 1 aliphatic carbocycles. The Bertz CT molecular complexity index is 950. The fraction of sp³-hybridized carbons (Fsp3) is 0.286. The van der Waals surface area contributed by atoms with E-state index in [0.29, 0.717) is 5.92 Å². The van der Waals surface area contributed by atoms with Crippen molar-refractivity contribution in [2.45, 2.75) is 36.1 Å². The highest BCUT2D eigenvalue weighted by molar-refractivity contribution is 8.00. The second kappa shape index (κ2) is 7.56. The Morgan fingerprint density at radius 1 is 1.11 bits per heavy atom. The van der Waals surface area contributed by atoms with Gasteiger partial charge in [0.25, 0.3) is 0 Å². The lowest BCUT2D eigenvalue weighted by Crippen LogP contribution is -2.23. The van der Waals surface area contributed by atoms with Gasteiger partial charge in [0.15, 0.2) is 5.16 Å². The van der Waals surface area contributed by atoms with Gasteiger partial charge in [-0.1, -0.05) is 60.3 Å². The average Bonchev–Trinajstić information content (AvgIpc) is 3.47. The summed E-state index contributed by atoms with van der Waals surface area (Å²) in [6.07, 6.45) is 2.37. The summed E-state index contributed by atoms with van der Waals surface area (Å²) >= 11 is 1.44. The van der Waals surface area contributed by atoms with Gasteiger partial charge in [0.1, 0.15) is 5.82 Å². The maximum absolute atomic E-state index is 12.8. The van der Waals surface area contributed by atoms with Crippen LogP contribution in [0.2, 0.25) is 0 Å². The predicted molar refractivity (Wildman–Crippen MR) is 109 cm³/mol. The summed E-state index contributed by atoms with van der Waals surface area (Å²) in [4.78, 5) is 12.8. The monoisotopic (exact) mass is 378 g/mol. The van der Waals surface area contributed by atoms with E-state index in [2.05, 4.69) is 15.5 Å². The predicted octanol–water partition coefficient (Wildman–Crippen LogP) is 4.48. The summed E-state index contributed by atoms with van der Waals surface area (Å²) < 4.78 is 2.02. The average molecular weight is 379 g/mol. The number of anilines is 1. The molecule has 1 fully saturated rings. The number of carbonyl (C=O) groups excluding carboxylic acids is 1. The number of amides is 1. The van der Waals surface area contributed by atoms with Crippen molar-refractivity contribution >= 4 is 23.4 Å². The Kier molecular flexibility index (Phi) is 4.99. The van der Waals surface area contributed by atoms with E-state index in [1.807, 2.05) is 73.1 Å². The molecule has 4 rings (SSSR count). The molecule has 1 N–H and O–H groups in total. The van der Waals surface area contributed by atoms with E-state index in [4.69, 9.17) is 0 Å². The van der Waals surface area contributed by atoms with Crippen LogP contribution in [0.15, 0.2) is 59.8 Å². The van der Waals surface area contributed by atoms with E-state index in [1.165, 1.54) is 24.6 Å². The highest BCUT2D eigenvalue weighted by Crippen LogP contribution is 2.40. The zero-order valence-corrected chi connectivity index (χ0v) is 16.2. The van der Waals surface area contributed by atoms with Crippen LogP contribution in [0.25, 0.3) is 11.1 Å². The lowest BCUT2D eigenvalue weighted by atomic mass is 10.0. The molecule has 0 spiro atoms. The summed E-state index contributed by atoms with van der Waals surface area (Å²) in [6, 6.07) is 17.9. The molecular weight excluding hydrogens is 356 g/mol. The van der Waals surface area contributed by atoms with Crippen molar-refractivity contribution in [1.29, 1.82) is 0 Å². The van der Waals surface area contributed by atoms with Crippen molar-refractivity contribution in [2.24, 2.45) is 7.05 Å². The maximum atomic E-state index is 12.8. The van der Waals surface area contributed by atoms with Gasteiger partial charge in [0.2, 0.25) is 5.91 Å². The highest BCUT2D eigenvalue weighted by Gasteiger charge is 2.30. The molecule has 1 heterocycles. The van der Waals surface area contributed by atoms with Crippen LogP contribution in [0.4, 0.5) is 5.69 Å². The smallest absolute Gasteiger partial charge is 0.237 e. The third-order valence-corrected chi connectivity index (χ3v) is 5.87. The Morgan fingerprint density at radius 3 is 2.56 bits per heavy atom. The fourth-order valence-corrected chi connectivity index (χ4v) is 3.86. The normalized spacial score (nSPS) is 14.7. The molecule has 138 valence electrons. The highest BCUT2D eigenvalue weighted by atomic mass is 32.2. The minimum absolute atomic E-state index is 0.0423. The van der Waals surface area contributed by atoms with Gasteiger partial charge < -0.3 is 9.88 Å². The fourth-order valence-electron chi connectivity index (χ4n) is 3.03. The summed E-state index contributed by atoms with van der Waals surface area (Å²) in [7, 11) is 1.98. The summed E-state index contributed by atoms with van der Waals surface area (Å²) in [5.41, 5.74) is 2.91. The number of hydrogen-bond donors (Lipinski definition) is 1. The molecule has 1 saturated carbocycles. The van der Waals surface area contributed by atoms with Crippen LogP contribution in [0, 0.1) is 0 Å². The molecule has 1 aromatic heterocycles. The first-order valence-electron chi connectivity index (χ1n) is 9.14. The molecule has 5 nitrogen and oxygen atoms in total. The zero-order chi connectivity index (χ0) is 18.8. The van der Waals surface area contributed by atoms with Crippen molar-refractivity contribution in [3.63, 3.8) is 0 Å². The zero-order valence-electron chi connectivity index (χ0n) is 15.4. The molecule has 1 aliphatic rings. The van der Waals surface area contributed by atoms with Gasteiger partial charge in [-0.25, -0.2) is 0 Å². The Balaban J connectivity index is 1.48. The van der Waals surface area contributed by atoms with Crippen LogP contribution in [-0.2, 0) is 11.8 Å². The number of benzene rings is 2. The van der Waals surface area contributed by atoms with Gasteiger partial charge in [-0.15, -0.1) is 10.2 Å². The maximum Gasteiger partial charge on any atom is 0.237 e. The van der Waals surface area contributed by atoms with Gasteiger partial charge in [0, 0.05) is 24.2 Å². The molecule has 0 aliphatic heterocycles. The van der Waals surface area contributed by atoms with Crippen LogP contribution in [0.3, 0.4) is 0 Å². The van der Waals surface area contributed by atoms with E-state index >= 15 is 0 Å². The number of carbonyl (C=O) groups is 1. The van der Waals surface area contributed by atoms with Crippen molar-refractivity contribution in [2.75, 3.05) is 5.32 Å². The van der Waals surface area contributed by atoms with Crippen molar-refractivity contribution < 1.29 is 4.79 Å². The molecule has 1 atom stereocenters. The van der Waals surface area contributed by atoms with Crippen LogP contribution in [0.5, 0.6) is 0 Å². The number of rotatable bonds is 6. The Morgan fingerprint density at radius 2 is 1.81 bits per heavy atom. The molecule has 0 bridgehead atoms. The molecule has 27 heavy (non-hydrogen) atoms. The lowest BCUT2D eigenvalue weighted by molar-refractivity contribution is -0.115. The van der Waals surface area contributed by atoms with Gasteiger partial charge >= 0.3 is 0 Å². The molecular formula is C21H22N4OS. The third kappa shape index (κ3) is 3.90. The largest absolute Gasteiger partial charge is 0.325 e. The number of hydrogen-bond acceptors (Lipinski definition) is 4. The number of nitrogens with zero attached hydrogens (tertiary/aromatic N) is 3. The van der Waals surface area contributed by atoms with Crippen molar-refractivity contribution in [1.82, 2.24) is 14.8 Å². The molecule has 2 aromatic carbocycles. The van der Waals surface area contributed by atoms with Gasteiger partial charge in [-0.05, 0) is 31.4 Å². The van der Waals surface area contributed by atoms with E-state index in [0.717, 1.165) is 27.8 Å². The topological polar surface area (TPSA) is 59.8 Å². The number of nitrogens with one attached hydrogen (secondary N) is 1. The summed E-state index contributed by atoms with van der Waals surface area (Å²) in [6.45, 7) is 1.90. The first-order valence-corrected chi connectivity index (χ1v) is 10.0. The minimum Gasteiger partial charge on any atom is -0.325 e. The standard InChI is InChI=1S/C21H22N4OS/c1-14(27-21-24-23-19(25(21)2)16-12-13-16)20(26)22-18-11-7-6-10-17(18)15-8-4-3-5-9-15/h3-11,14,16H,12-13H2,1-2H3,(H,22,26). The quantitative estimate of drug-likeness (QED) is 0.643.